The molecule has 0 spiro atoms. The van der Waals surface area contributed by atoms with Gasteiger partial charge in [-0.2, -0.15) is 0 Å². The van der Waals surface area contributed by atoms with Crippen LogP contribution in [-0.2, 0) is 0 Å². The van der Waals surface area contributed by atoms with Crippen molar-refractivity contribution in [1.29, 1.82) is 0 Å². The molecule has 1 aromatic rings. The van der Waals surface area contributed by atoms with E-state index in [9.17, 15) is 10.1 Å². The molecule has 1 rings (SSSR count). The van der Waals surface area contributed by atoms with E-state index >= 15 is 0 Å². The molecule has 0 unspecified atom stereocenters. The number of hydrogen-bond donors (Lipinski definition) is 1. The van der Waals surface area contributed by atoms with E-state index in [2.05, 4.69) is 26.5 Å². The molecule has 0 fully saturated rings. The fourth-order valence-corrected chi connectivity index (χ4v) is 0.861. The van der Waals surface area contributed by atoms with Crippen LogP contribution in [-0.4, -0.2) is 34.5 Å². The van der Waals surface area contributed by atoms with E-state index in [0.29, 0.717) is 4.90 Å². The van der Waals surface area contributed by atoms with Gasteiger partial charge in [-0.25, -0.2) is 0 Å². The molecule has 0 aromatic heterocycles. The summed E-state index contributed by atoms with van der Waals surface area (Å²) in [4.78, 5) is 10.1. The SMILES string of the molecule is CCCC.O=[N+]([O-])c1ccccc1S.[NaH]. The topological polar surface area (TPSA) is 43.1 Å². The van der Waals surface area contributed by atoms with Crippen LogP contribution in [0, 0.1) is 10.1 Å². The monoisotopic (exact) mass is 237 g/mol. The number of thiol groups is 1. The van der Waals surface area contributed by atoms with Gasteiger partial charge in [-0.15, -0.1) is 12.6 Å². The summed E-state index contributed by atoms with van der Waals surface area (Å²) in [6.45, 7) is 4.36. The standard InChI is InChI=1S/C6H5NO2S.C4H10.Na.H/c8-7(9)5-3-1-2-4-6(5)10;1-3-4-2;;/h1-4,10H;3-4H2,1-2H3;;. The van der Waals surface area contributed by atoms with Crippen LogP contribution in [0.3, 0.4) is 0 Å². The van der Waals surface area contributed by atoms with Gasteiger partial charge in [-0.05, 0) is 6.07 Å². The van der Waals surface area contributed by atoms with Gasteiger partial charge in [0.2, 0.25) is 0 Å². The van der Waals surface area contributed by atoms with Gasteiger partial charge >= 0.3 is 29.6 Å². The molecular formula is C10H16NNaO2S. The van der Waals surface area contributed by atoms with Crippen LogP contribution in [0.2, 0.25) is 0 Å². The first-order valence-electron chi connectivity index (χ1n) is 4.55. The van der Waals surface area contributed by atoms with Crippen LogP contribution in [0.25, 0.3) is 0 Å². The van der Waals surface area contributed by atoms with Gasteiger partial charge in [0.25, 0.3) is 5.69 Å². The molecule has 0 aliphatic carbocycles. The molecule has 0 aliphatic heterocycles. The molecule has 1 aromatic carbocycles. The van der Waals surface area contributed by atoms with Crippen molar-refractivity contribution in [2.24, 2.45) is 0 Å². The molecule has 0 atom stereocenters. The maximum atomic E-state index is 10.2. The summed E-state index contributed by atoms with van der Waals surface area (Å²) in [5.41, 5.74) is 0.0471. The van der Waals surface area contributed by atoms with Gasteiger partial charge in [0.1, 0.15) is 0 Å². The first-order chi connectivity index (χ1) is 6.63. The van der Waals surface area contributed by atoms with E-state index in [-0.39, 0.29) is 35.2 Å². The Morgan fingerprint density at radius 1 is 1.27 bits per heavy atom. The zero-order chi connectivity index (χ0) is 11.0. The zero-order valence-corrected chi connectivity index (χ0v) is 9.33. The van der Waals surface area contributed by atoms with Gasteiger partial charge in [0.05, 0.1) is 9.82 Å². The molecule has 80 valence electrons. The number of unbranched alkanes of at least 4 members (excludes halogenated alkanes) is 1. The number of benzene rings is 1. The Morgan fingerprint density at radius 3 is 2.00 bits per heavy atom. The molecule has 0 amide bonds. The molecule has 0 heterocycles. The van der Waals surface area contributed by atoms with E-state index in [1.807, 2.05) is 0 Å². The quantitative estimate of drug-likeness (QED) is 0.372. The van der Waals surface area contributed by atoms with E-state index in [1.165, 1.54) is 18.9 Å². The first-order valence-corrected chi connectivity index (χ1v) is 5.00. The van der Waals surface area contributed by atoms with E-state index in [1.54, 1.807) is 18.2 Å². The van der Waals surface area contributed by atoms with Crippen LogP contribution >= 0.6 is 12.6 Å². The third-order valence-electron chi connectivity index (χ3n) is 1.58. The van der Waals surface area contributed by atoms with Crippen molar-refractivity contribution in [2.75, 3.05) is 0 Å². The minimum absolute atomic E-state index is 0. The Bertz CT molecular complexity index is 293. The number of nitro groups is 1. The van der Waals surface area contributed by atoms with Gasteiger partial charge in [-0.1, -0.05) is 38.8 Å². The van der Waals surface area contributed by atoms with Crippen LogP contribution in [0.5, 0.6) is 0 Å². The van der Waals surface area contributed by atoms with Crippen molar-refractivity contribution < 1.29 is 4.92 Å². The third-order valence-corrected chi connectivity index (χ3v) is 1.96. The predicted octanol–water partition coefficient (Wildman–Crippen LogP) is 3.04. The predicted molar refractivity (Wildman–Crippen MR) is 68.1 cm³/mol. The normalized spacial score (nSPS) is 8.20. The van der Waals surface area contributed by atoms with Crippen molar-refractivity contribution in [3.8, 4) is 0 Å². The first kappa shape index (κ1) is 17.4. The fraction of sp³-hybridized carbons (Fsp3) is 0.400. The molecule has 3 nitrogen and oxygen atoms in total. The summed E-state index contributed by atoms with van der Waals surface area (Å²) in [7, 11) is 0. The Morgan fingerprint density at radius 2 is 1.73 bits per heavy atom. The molecule has 0 saturated heterocycles. The summed E-state index contributed by atoms with van der Waals surface area (Å²) in [5.74, 6) is 0. The summed E-state index contributed by atoms with van der Waals surface area (Å²) in [6, 6.07) is 6.32. The second-order valence-electron chi connectivity index (χ2n) is 2.75. The average molecular weight is 237 g/mol. The number of hydrogen-bond acceptors (Lipinski definition) is 3. The fourth-order valence-electron chi connectivity index (χ4n) is 0.619. The van der Waals surface area contributed by atoms with Gasteiger partial charge in [0.15, 0.2) is 0 Å². The average Bonchev–Trinajstić information content (AvgIpc) is 2.18. The van der Waals surface area contributed by atoms with E-state index in [4.69, 9.17) is 0 Å². The number of nitrogens with zero attached hydrogens (tertiary/aromatic N) is 1. The molecule has 15 heavy (non-hydrogen) atoms. The summed E-state index contributed by atoms with van der Waals surface area (Å²) >= 11 is 3.90. The minimum atomic E-state index is -0.456. The van der Waals surface area contributed by atoms with E-state index in [0.717, 1.165) is 0 Å². The molecule has 0 aliphatic rings. The Kier molecular flexibility index (Phi) is 12.1. The number of nitro benzene ring substituents is 1. The molecule has 0 radical (unpaired) electrons. The molecule has 0 bridgehead atoms. The van der Waals surface area contributed by atoms with Crippen LogP contribution in [0.15, 0.2) is 29.2 Å². The van der Waals surface area contributed by atoms with Gasteiger partial charge < -0.3 is 0 Å². The van der Waals surface area contributed by atoms with Crippen molar-refractivity contribution in [1.82, 2.24) is 0 Å². The zero-order valence-electron chi connectivity index (χ0n) is 8.43. The van der Waals surface area contributed by atoms with Crippen LogP contribution in [0.4, 0.5) is 5.69 Å². The molecule has 5 heteroatoms. The second-order valence-corrected chi connectivity index (χ2v) is 3.23. The van der Waals surface area contributed by atoms with Crippen molar-refractivity contribution in [3.05, 3.63) is 34.4 Å². The summed E-state index contributed by atoms with van der Waals surface area (Å²) in [6.07, 6.45) is 2.64. The molecule has 0 saturated carbocycles. The number of rotatable bonds is 2. The summed E-state index contributed by atoms with van der Waals surface area (Å²) in [5, 5.41) is 10.2. The van der Waals surface area contributed by atoms with Crippen molar-refractivity contribution in [3.63, 3.8) is 0 Å². The van der Waals surface area contributed by atoms with Crippen molar-refractivity contribution >= 4 is 47.9 Å². The maximum absolute atomic E-state index is 10.2. The third kappa shape index (κ3) is 7.85. The Labute approximate surface area is 118 Å². The van der Waals surface area contributed by atoms with Gasteiger partial charge in [0, 0.05) is 6.07 Å². The Balaban J connectivity index is 0. The number of para-hydroxylation sites is 1. The van der Waals surface area contributed by atoms with E-state index < -0.39 is 4.92 Å². The van der Waals surface area contributed by atoms with Crippen LogP contribution < -0.4 is 0 Å². The van der Waals surface area contributed by atoms with Gasteiger partial charge in [-0.3, -0.25) is 10.1 Å². The summed E-state index contributed by atoms with van der Waals surface area (Å²) < 4.78 is 0. The Hall–Kier alpha value is -0.0300. The van der Waals surface area contributed by atoms with Crippen molar-refractivity contribution in [2.45, 2.75) is 31.6 Å². The second kappa shape index (κ2) is 10.5. The molecule has 0 N–H and O–H groups in total. The molecular weight excluding hydrogens is 221 g/mol. The van der Waals surface area contributed by atoms with Crippen LogP contribution in [0.1, 0.15) is 26.7 Å².